The molecule has 6 nitrogen and oxygen atoms in total. The smallest absolute Gasteiger partial charge is 0.256 e. The van der Waals surface area contributed by atoms with E-state index in [0.717, 1.165) is 32.4 Å². The lowest BCUT2D eigenvalue weighted by Gasteiger charge is -2.09. The van der Waals surface area contributed by atoms with Gasteiger partial charge in [0.25, 0.3) is 5.88 Å². The largest absolute Gasteiger partial charge is 0.491 e. The van der Waals surface area contributed by atoms with Crippen molar-refractivity contribution in [3.05, 3.63) is 54.7 Å². The number of pyridine rings is 2. The third-order valence-electron chi connectivity index (χ3n) is 3.90. The number of thiazole rings is 1. The molecule has 7 heteroatoms. The first-order valence-corrected chi connectivity index (χ1v) is 9.35. The van der Waals surface area contributed by atoms with E-state index in [9.17, 15) is 0 Å². The summed E-state index contributed by atoms with van der Waals surface area (Å²) in [5.41, 5.74) is 3.53. The monoisotopic (exact) mass is 378 g/mol. The number of nitrogens with one attached hydrogen (secondary N) is 1. The number of hydrogen-bond acceptors (Lipinski definition) is 7. The Hall–Kier alpha value is -3.19. The Balaban J connectivity index is 1.65. The number of ether oxygens (including phenoxy) is 2. The molecular weight excluding hydrogens is 360 g/mol. The van der Waals surface area contributed by atoms with E-state index < -0.39 is 0 Å². The lowest BCUT2D eigenvalue weighted by Crippen LogP contribution is -1.98. The van der Waals surface area contributed by atoms with E-state index in [2.05, 4.69) is 15.3 Å². The van der Waals surface area contributed by atoms with Gasteiger partial charge in [-0.3, -0.25) is 0 Å². The Morgan fingerprint density at radius 1 is 1.07 bits per heavy atom. The van der Waals surface area contributed by atoms with Gasteiger partial charge in [0.1, 0.15) is 10.3 Å². The van der Waals surface area contributed by atoms with Crippen molar-refractivity contribution in [3.8, 4) is 22.9 Å². The predicted octanol–water partition coefficient (Wildman–Crippen LogP) is 4.90. The van der Waals surface area contributed by atoms with Crippen LogP contribution in [0.2, 0.25) is 0 Å². The topological polar surface area (TPSA) is 69.2 Å². The van der Waals surface area contributed by atoms with Crippen molar-refractivity contribution in [1.29, 1.82) is 0 Å². The molecule has 0 radical (unpaired) electrons. The molecule has 0 fully saturated rings. The number of aromatic nitrogens is 3. The van der Waals surface area contributed by atoms with Gasteiger partial charge in [-0.05, 0) is 37.3 Å². The molecule has 0 aliphatic heterocycles. The maximum Gasteiger partial charge on any atom is 0.256 e. The van der Waals surface area contributed by atoms with Crippen LogP contribution < -0.4 is 14.8 Å². The number of anilines is 2. The van der Waals surface area contributed by atoms with Gasteiger partial charge in [-0.25, -0.2) is 15.0 Å². The zero-order valence-electron chi connectivity index (χ0n) is 15.0. The lowest BCUT2D eigenvalue weighted by molar-refractivity contribution is 0.298. The molecule has 0 unspecified atom stereocenters. The molecule has 27 heavy (non-hydrogen) atoms. The fourth-order valence-corrected chi connectivity index (χ4v) is 3.50. The molecule has 3 aromatic heterocycles. The highest BCUT2D eigenvalue weighted by Crippen LogP contribution is 2.32. The number of methoxy groups -OCH3 is 1. The van der Waals surface area contributed by atoms with E-state index in [1.54, 1.807) is 13.3 Å². The normalized spacial score (nSPS) is 10.7. The van der Waals surface area contributed by atoms with Crippen molar-refractivity contribution in [2.45, 2.75) is 6.92 Å². The van der Waals surface area contributed by atoms with Gasteiger partial charge in [0.05, 0.1) is 19.4 Å². The number of rotatable bonds is 6. The molecule has 0 amide bonds. The van der Waals surface area contributed by atoms with Gasteiger partial charge >= 0.3 is 0 Å². The van der Waals surface area contributed by atoms with Gasteiger partial charge < -0.3 is 14.8 Å². The van der Waals surface area contributed by atoms with E-state index >= 15 is 0 Å². The third-order valence-corrected chi connectivity index (χ3v) is 4.78. The lowest BCUT2D eigenvalue weighted by atomic mass is 10.2. The summed E-state index contributed by atoms with van der Waals surface area (Å²) >= 11 is 1.51. The minimum atomic E-state index is 0.483. The summed E-state index contributed by atoms with van der Waals surface area (Å²) in [6.07, 6.45) is 1.74. The van der Waals surface area contributed by atoms with Crippen LogP contribution in [0.15, 0.2) is 54.7 Å². The molecule has 1 N–H and O–H groups in total. The third kappa shape index (κ3) is 3.68. The highest BCUT2D eigenvalue weighted by atomic mass is 32.1. The minimum Gasteiger partial charge on any atom is -0.491 e. The fourth-order valence-electron chi connectivity index (χ4n) is 2.64. The molecule has 0 saturated heterocycles. The van der Waals surface area contributed by atoms with Gasteiger partial charge in [-0.1, -0.05) is 29.5 Å². The first-order valence-electron chi connectivity index (χ1n) is 8.53. The number of nitrogens with zero attached hydrogens (tertiary/aromatic N) is 3. The molecule has 136 valence electrons. The summed E-state index contributed by atoms with van der Waals surface area (Å²) in [4.78, 5) is 14.5. The number of para-hydroxylation sites is 1. The van der Waals surface area contributed by atoms with Crippen molar-refractivity contribution in [2.75, 3.05) is 19.0 Å². The molecule has 0 atom stereocenters. The molecule has 0 spiro atoms. The average molecular weight is 378 g/mol. The maximum absolute atomic E-state index is 5.48. The summed E-state index contributed by atoms with van der Waals surface area (Å²) in [6.45, 7) is 2.44. The second-order valence-electron chi connectivity index (χ2n) is 5.70. The zero-order valence-corrected chi connectivity index (χ0v) is 15.8. The second-order valence-corrected chi connectivity index (χ2v) is 6.67. The van der Waals surface area contributed by atoms with Crippen LogP contribution in [-0.2, 0) is 0 Å². The fraction of sp³-hybridized carbons (Fsp3) is 0.150. The standard InChI is InChI=1S/C20H18N4O2S/c1-3-26-18-17(25-2)11-13(12-21-18)15-9-10-16-19(23-15)27-20(24-16)22-14-7-5-4-6-8-14/h4-12H,3H2,1-2H3,(H,22,24). The number of fused-ring (bicyclic) bond motifs is 1. The van der Waals surface area contributed by atoms with Crippen molar-refractivity contribution < 1.29 is 9.47 Å². The summed E-state index contributed by atoms with van der Waals surface area (Å²) in [6, 6.07) is 15.7. The van der Waals surface area contributed by atoms with E-state index in [4.69, 9.17) is 14.5 Å². The van der Waals surface area contributed by atoms with Crippen molar-refractivity contribution in [2.24, 2.45) is 0 Å². The van der Waals surface area contributed by atoms with E-state index in [0.29, 0.717) is 18.2 Å². The van der Waals surface area contributed by atoms with Crippen molar-refractivity contribution in [1.82, 2.24) is 15.0 Å². The van der Waals surface area contributed by atoms with Gasteiger partial charge in [0.15, 0.2) is 10.9 Å². The van der Waals surface area contributed by atoms with Gasteiger partial charge in [0, 0.05) is 17.4 Å². The minimum absolute atomic E-state index is 0.483. The number of hydrogen-bond donors (Lipinski definition) is 1. The molecule has 1 aromatic carbocycles. The molecule has 3 heterocycles. The van der Waals surface area contributed by atoms with Crippen LogP contribution in [-0.4, -0.2) is 28.7 Å². The first kappa shape index (κ1) is 17.2. The van der Waals surface area contributed by atoms with Crippen LogP contribution >= 0.6 is 11.3 Å². The average Bonchev–Trinajstić information content (AvgIpc) is 3.10. The van der Waals surface area contributed by atoms with Crippen molar-refractivity contribution in [3.63, 3.8) is 0 Å². The molecule has 0 bridgehead atoms. The molecule has 0 saturated carbocycles. The van der Waals surface area contributed by atoms with Crippen LogP contribution in [0.4, 0.5) is 10.8 Å². The van der Waals surface area contributed by atoms with E-state index in [-0.39, 0.29) is 0 Å². The van der Waals surface area contributed by atoms with E-state index in [1.165, 1.54) is 11.3 Å². The highest BCUT2D eigenvalue weighted by Gasteiger charge is 2.12. The van der Waals surface area contributed by atoms with Crippen LogP contribution in [0.3, 0.4) is 0 Å². The Labute approximate surface area is 160 Å². The first-order chi connectivity index (χ1) is 13.3. The van der Waals surface area contributed by atoms with Gasteiger partial charge in [-0.2, -0.15) is 0 Å². The SMILES string of the molecule is CCOc1ncc(-c2ccc3nc(Nc4ccccc4)sc3n2)cc1OC. The van der Waals surface area contributed by atoms with Gasteiger partial charge in [0.2, 0.25) is 0 Å². The van der Waals surface area contributed by atoms with Gasteiger partial charge in [-0.15, -0.1) is 0 Å². The second kappa shape index (κ2) is 7.59. The summed E-state index contributed by atoms with van der Waals surface area (Å²) in [7, 11) is 1.60. The van der Waals surface area contributed by atoms with E-state index in [1.807, 2.05) is 55.5 Å². The summed E-state index contributed by atoms with van der Waals surface area (Å²) < 4.78 is 10.9. The summed E-state index contributed by atoms with van der Waals surface area (Å²) in [5, 5.41) is 4.12. The molecule has 0 aliphatic rings. The van der Waals surface area contributed by atoms with Crippen molar-refractivity contribution >= 4 is 32.5 Å². The Bertz CT molecular complexity index is 1070. The van der Waals surface area contributed by atoms with Crippen LogP contribution in [0.1, 0.15) is 6.92 Å². The molecule has 4 aromatic rings. The number of benzene rings is 1. The Morgan fingerprint density at radius 3 is 2.70 bits per heavy atom. The van der Waals surface area contributed by atoms with Crippen LogP contribution in [0, 0.1) is 0 Å². The molecule has 0 aliphatic carbocycles. The zero-order chi connectivity index (χ0) is 18.6. The summed E-state index contributed by atoms with van der Waals surface area (Å²) in [5.74, 6) is 1.07. The quantitative estimate of drug-likeness (QED) is 0.514. The predicted molar refractivity (Wildman–Crippen MR) is 108 cm³/mol. The molecular formula is C20H18N4O2S. The Morgan fingerprint density at radius 2 is 1.93 bits per heavy atom. The highest BCUT2D eigenvalue weighted by molar-refractivity contribution is 7.21. The van der Waals surface area contributed by atoms with Crippen LogP contribution in [0.5, 0.6) is 11.6 Å². The van der Waals surface area contributed by atoms with Crippen LogP contribution in [0.25, 0.3) is 21.6 Å². The molecule has 4 rings (SSSR count). The maximum atomic E-state index is 5.48. The Kier molecular flexibility index (Phi) is 4.84.